The molecule has 0 atom stereocenters. The zero-order chi connectivity index (χ0) is 18.6. The quantitative estimate of drug-likeness (QED) is 0.657. The molecule has 3 aromatic rings. The van der Waals surface area contributed by atoms with Gasteiger partial charge in [-0.05, 0) is 43.2 Å². The molecule has 0 bridgehead atoms. The molecule has 4 nitrogen and oxygen atoms in total. The number of nitriles is 1. The molecule has 1 fully saturated rings. The standard InChI is InChI=1S/C23H23N3O/c24-14-18-8-6-17(7-9-18)12-21(27)13-23-22(19-4-2-1-3-5-19)11-10-20-15-25-16-26(20)23/h1-5,10-11,15-18H,6-9,12-13H2. The number of nitrogens with zero attached hydrogens (tertiary/aromatic N) is 3. The smallest absolute Gasteiger partial charge is 0.139 e. The fraction of sp³-hybridized carbons (Fsp3) is 0.348. The van der Waals surface area contributed by atoms with Gasteiger partial charge in [-0.3, -0.25) is 4.79 Å². The number of hydrogen-bond acceptors (Lipinski definition) is 3. The number of carbonyl (C=O) groups is 1. The predicted octanol–water partition coefficient (Wildman–Crippen LogP) is 4.83. The summed E-state index contributed by atoms with van der Waals surface area (Å²) < 4.78 is 2.03. The number of ketones is 1. The zero-order valence-corrected chi connectivity index (χ0v) is 15.3. The average molecular weight is 357 g/mol. The Balaban J connectivity index is 1.57. The summed E-state index contributed by atoms with van der Waals surface area (Å²) in [6, 6.07) is 16.7. The molecular formula is C23H23N3O. The normalized spacial score (nSPS) is 19.7. The molecule has 1 aliphatic carbocycles. The van der Waals surface area contributed by atoms with Gasteiger partial charge in [0.1, 0.15) is 5.78 Å². The molecule has 1 saturated carbocycles. The monoisotopic (exact) mass is 357 g/mol. The van der Waals surface area contributed by atoms with Crippen LogP contribution >= 0.6 is 0 Å². The van der Waals surface area contributed by atoms with Crippen LogP contribution in [0.15, 0.2) is 55.0 Å². The van der Waals surface area contributed by atoms with Gasteiger partial charge in [0.15, 0.2) is 0 Å². The fourth-order valence-electron chi connectivity index (χ4n) is 4.19. The van der Waals surface area contributed by atoms with Gasteiger partial charge in [0.2, 0.25) is 0 Å². The van der Waals surface area contributed by atoms with Crippen LogP contribution in [-0.2, 0) is 11.2 Å². The highest BCUT2D eigenvalue weighted by Gasteiger charge is 2.23. The van der Waals surface area contributed by atoms with E-state index in [1.807, 2.05) is 34.9 Å². The first-order valence-electron chi connectivity index (χ1n) is 9.65. The Labute approximate surface area is 159 Å². The van der Waals surface area contributed by atoms with Crippen molar-refractivity contribution in [2.45, 2.75) is 38.5 Å². The molecule has 2 aromatic heterocycles. The number of benzene rings is 1. The third-order valence-corrected chi connectivity index (χ3v) is 5.68. The molecule has 1 aliphatic rings. The summed E-state index contributed by atoms with van der Waals surface area (Å²) in [6.07, 6.45) is 8.49. The van der Waals surface area contributed by atoms with Crippen molar-refractivity contribution in [3.63, 3.8) is 0 Å². The minimum atomic E-state index is 0.181. The predicted molar refractivity (Wildman–Crippen MR) is 105 cm³/mol. The lowest BCUT2D eigenvalue weighted by molar-refractivity contribution is -0.119. The Morgan fingerprint density at radius 2 is 1.89 bits per heavy atom. The van der Waals surface area contributed by atoms with E-state index in [-0.39, 0.29) is 11.7 Å². The van der Waals surface area contributed by atoms with Crippen molar-refractivity contribution < 1.29 is 4.79 Å². The number of Topliss-reactive ketones (excluding diaryl/α,β-unsaturated/α-hetero) is 1. The summed E-state index contributed by atoms with van der Waals surface area (Å²) in [4.78, 5) is 17.1. The van der Waals surface area contributed by atoms with Crippen molar-refractivity contribution in [3.05, 3.63) is 60.7 Å². The van der Waals surface area contributed by atoms with Gasteiger partial charge in [-0.25, -0.2) is 4.98 Å². The van der Waals surface area contributed by atoms with Gasteiger partial charge < -0.3 is 4.40 Å². The summed E-state index contributed by atoms with van der Waals surface area (Å²) in [5.74, 6) is 0.874. The van der Waals surface area contributed by atoms with Gasteiger partial charge in [-0.2, -0.15) is 5.26 Å². The van der Waals surface area contributed by atoms with Crippen LogP contribution in [0.1, 0.15) is 37.8 Å². The summed E-state index contributed by atoms with van der Waals surface area (Å²) >= 11 is 0. The van der Waals surface area contributed by atoms with E-state index in [1.54, 1.807) is 6.33 Å². The van der Waals surface area contributed by atoms with Crippen molar-refractivity contribution >= 4 is 11.3 Å². The molecular weight excluding hydrogens is 334 g/mol. The van der Waals surface area contributed by atoms with Gasteiger partial charge in [-0.15, -0.1) is 0 Å². The number of fused-ring (bicyclic) bond motifs is 1. The molecule has 2 heterocycles. The molecule has 0 aliphatic heterocycles. The molecule has 0 unspecified atom stereocenters. The molecule has 4 heteroatoms. The summed E-state index contributed by atoms with van der Waals surface area (Å²) in [5.41, 5.74) is 4.21. The molecule has 136 valence electrons. The lowest BCUT2D eigenvalue weighted by Crippen LogP contribution is -2.18. The molecule has 1 aromatic carbocycles. The van der Waals surface area contributed by atoms with Gasteiger partial charge in [-0.1, -0.05) is 36.4 Å². The van der Waals surface area contributed by atoms with E-state index in [0.29, 0.717) is 18.8 Å². The van der Waals surface area contributed by atoms with Crippen LogP contribution in [0.25, 0.3) is 16.6 Å². The third kappa shape index (κ3) is 3.78. The molecule has 0 radical (unpaired) electrons. The van der Waals surface area contributed by atoms with Gasteiger partial charge in [0.05, 0.1) is 24.1 Å². The molecule has 0 spiro atoms. The number of carbonyl (C=O) groups excluding carboxylic acids is 1. The first-order valence-corrected chi connectivity index (χ1v) is 9.65. The highest BCUT2D eigenvalue weighted by atomic mass is 16.1. The minimum absolute atomic E-state index is 0.181. The molecule has 0 N–H and O–H groups in total. The largest absolute Gasteiger partial charge is 0.302 e. The number of pyridine rings is 1. The Kier molecular flexibility index (Phi) is 5.02. The van der Waals surface area contributed by atoms with E-state index in [2.05, 4.69) is 29.3 Å². The fourth-order valence-corrected chi connectivity index (χ4v) is 4.19. The first-order chi connectivity index (χ1) is 13.2. The van der Waals surface area contributed by atoms with E-state index in [4.69, 9.17) is 5.26 Å². The Morgan fingerprint density at radius 1 is 1.11 bits per heavy atom. The van der Waals surface area contributed by atoms with Crippen LogP contribution in [0, 0.1) is 23.2 Å². The van der Waals surface area contributed by atoms with Crippen molar-refractivity contribution in [3.8, 4) is 17.2 Å². The summed E-state index contributed by atoms with van der Waals surface area (Å²) in [5, 5.41) is 9.05. The highest BCUT2D eigenvalue weighted by molar-refractivity contribution is 5.84. The Hall–Kier alpha value is -2.93. The van der Waals surface area contributed by atoms with Crippen LogP contribution < -0.4 is 0 Å². The molecule has 4 rings (SSSR count). The van der Waals surface area contributed by atoms with Gasteiger partial charge >= 0.3 is 0 Å². The van der Waals surface area contributed by atoms with Crippen LogP contribution in [0.4, 0.5) is 0 Å². The van der Waals surface area contributed by atoms with E-state index in [1.165, 1.54) is 0 Å². The van der Waals surface area contributed by atoms with E-state index in [9.17, 15) is 4.79 Å². The van der Waals surface area contributed by atoms with Crippen LogP contribution in [0.3, 0.4) is 0 Å². The maximum atomic E-state index is 12.9. The second-order valence-corrected chi connectivity index (χ2v) is 7.51. The van der Waals surface area contributed by atoms with E-state index < -0.39 is 0 Å². The number of hydrogen-bond donors (Lipinski definition) is 0. The second kappa shape index (κ2) is 7.75. The molecule has 0 saturated heterocycles. The van der Waals surface area contributed by atoms with E-state index >= 15 is 0 Å². The van der Waals surface area contributed by atoms with Crippen molar-refractivity contribution in [1.29, 1.82) is 5.26 Å². The second-order valence-electron chi connectivity index (χ2n) is 7.51. The average Bonchev–Trinajstić information content (AvgIpc) is 3.19. The SMILES string of the molecule is N#CC1CCC(CC(=O)Cc2c(-c3ccccc3)ccc3cncn23)CC1. The van der Waals surface area contributed by atoms with Crippen molar-refractivity contribution in [2.24, 2.45) is 11.8 Å². The Morgan fingerprint density at radius 3 is 2.63 bits per heavy atom. The maximum absolute atomic E-state index is 12.9. The summed E-state index contributed by atoms with van der Waals surface area (Å²) in [7, 11) is 0. The number of rotatable bonds is 5. The van der Waals surface area contributed by atoms with Crippen molar-refractivity contribution in [2.75, 3.05) is 0 Å². The minimum Gasteiger partial charge on any atom is -0.302 e. The lowest BCUT2D eigenvalue weighted by Gasteiger charge is -2.24. The van der Waals surface area contributed by atoms with Crippen molar-refractivity contribution in [1.82, 2.24) is 9.38 Å². The topological polar surface area (TPSA) is 58.2 Å². The first kappa shape index (κ1) is 17.5. The zero-order valence-electron chi connectivity index (χ0n) is 15.3. The van der Waals surface area contributed by atoms with E-state index in [0.717, 1.165) is 48.0 Å². The lowest BCUT2D eigenvalue weighted by atomic mass is 9.80. The number of imidazole rings is 1. The highest BCUT2D eigenvalue weighted by Crippen LogP contribution is 2.31. The maximum Gasteiger partial charge on any atom is 0.139 e. The van der Waals surface area contributed by atoms with Gasteiger partial charge in [0, 0.05) is 30.0 Å². The van der Waals surface area contributed by atoms with Gasteiger partial charge in [0.25, 0.3) is 0 Å². The number of aromatic nitrogens is 2. The third-order valence-electron chi connectivity index (χ3n) is 5.68. The molecule has 0 amide bonds. The molecule has 27 heavy (non-hydrogen) atoms. The Bertz CT molecular complexity index is 976. The summed E-state index contributed by atoms with van der Waals surface area (Å²) in [6.45, 7) is 0. The van der Waals surface area contributed by atoms with Crippen LogP contribution in [0.2, 0.25) is 0 Å². The van der Waals surface area contributed by atoms with Crippen LogP contribution in [-0.4, -0.2) is 15.2 Å². The van der Waals surface area contributed by atoms with Crippen LogP contribution in [0.5, 0.6) is 0 Å².